The molecule has 1 heterocycles. The van der Waals surface area contributed by atoms with Crippen LogP contribution in [-0.4, -0.2) is 29.3 Å². The second kappa shape index (κ2) is 7.61. The normalized spacial score (nSPS) is 19.1. The molecule has 0 bridgehead atoms. The van der Waals surface area contributed by atoms with Gasteiger partial charge in [-0.25, -0.2) is 4.79 Å². The predicted molar refractivity (Wildman–Crippen MR) is 103 cm³/mol. The molecule has 2 aromatic carbocycles. The fraction of sp³-hybridized carbons (Fsp3) is 0.286. The Morgan fingerprint density at radius 3 is 2.48 bits per heavy atom. The summed E-state index contributed by atoms with van der Waals surface area (Å²) >= 11 is 0. The van der Waals surface area contributed by atoms with Crippen LogP contribution in [0.3, 0.4) is 0 Å². The van der Waals surface area contributed by atoms with Gasteiger partial charge in [-0.3, -0.25) is 14.5 Å². The molecular weight excluding hydrogens is 342 g/mol. The number of urea groups is 1. The highest BCUT2D eigenvalue weighted by molar-refractivity contribution is 6.10. The number of carbonyl (C=O) groups is 3. The number of hydrogen-bond acceptors (Lipinski definition) is 3. The van der Waals surface area contributed by atoms with Gasteiger partial charge in [-0.2, -0.15) is 0 Å². The predicted octanol–water partition coefficient (Wildman–Crippen LogP) is 3.04. The van der Waals surface area contributed by atoms with Crippen LogP contribution in [0.1, 0.15) is 31.4 Å². The summed E-state index contributed by atoms with van der Waals surface area (Å²) in [6.45, 7) is 3.54. The molecule has 1 fully saturated rings. The summed E-state index contributed by atoms with van der Waals surface area (Å²) in [5.74, 6) is -0.814. The van der Waals surface area contributed by atoms with Gasteiger partial charge >= 0.3 is 6.03 Å². The zero-order valence-electron chi connectivity index (χ0n) is 15.5. The van der Waals surface area contributed by atoms with E-state index in [1.165, 1.54) is 0 Å². The van der Waals surface area contributed by atoms with Gasteiger partial charge in [0.1, 0.15) is 12.1 Å². The van der Waals surface area contributed by atoms with Crippen molar-refractivity contribution in [2.45, 2.75) is 32.2 Å². The van der Waals surface area contributed by atoms with E-state index in [9.17, 15) is 14.4 Å². The highest BCUT2D eigenvalue weighted by atomic mass is 16.2. The monoisotopic (exact) mass is 365 g/mol. The van der Waals surface area contributed by atoms with Gasteiger partial charge in [0.25, 0.3) is 5.91 Å². The van der Waals surface area contributed by atoms with E-state index in [0.29, 0.717) is 17.7 Å². The molecule has 27 heavy (non-hydrogen) atoms. The molecule has 4 amide bonds. The van der Waals surface area contributed by atoms with Crippen molar-refractivity contribution in [3.63, 3.8) is 0 Å². The zero-order valence-corrected chi connectivity index (χ0v) is 15.5. The van der Waals surface area contributed by atoms with E-state index < -0.39 is 23.4 Å². The molecule has 1 aliphatic rings. The zero-order chi connectivity index (χ0) is 19.4. The largest absolute Gasteiger partial charge is 0.325 e. The molecule has 6 heteroatoms. The smallest absolute Gasteiger partial charge is 0.325 e. The summed E-state index contributed by atoms with van der Waals surface area (Å²) in [4.78, 5) is 38.8. The van der Waals surface area contributed by atoms with E-state index >= 15 is 0 Å². The maximum absolute atomic E-state index is 13.0. The lowest BCUT2D eigenvalue weighted by molar-refractivity contribution is -0.134. The topological polar surface area (TPSA) is 78.5 Å². The summed E-state index contributed by atoms with van der Waals surface area (Å²) < 4.78 is 0. The number of benzene rings is 2. The van der Waals surface area contributed by atoms with Crippen molar-refractivity contribution < 1.29 is 14.4 Å². The summed E-state index contributed by atoms with van der Waals surface area (Å²) in [7, 11) is 0. The Hall–Kier alpha value is -3.15. The van der Waals surface area contributed by atoms with Gasteiger partial charge in [-0.05, 0) is 36.1 Å². The number of nitrogens with one attached hydrogen (secondary N) is 2. The molecule has 1 atom stereocenters. The Balaban J connectivity index is 1.76. The molecule has 1 aliphatic heterocycles. The molecule has 140 valence electrons. The number of nitrogens with zero attached hydrogens (tertiary/aromatic N) is 1. The van der Waals surface area contributed by atoms with Crippen LogP contribution < -0.4 is 10.6 Å². The van der Waals surface area contributed by atoms with E-state index in [1.807, 2.05) is 62.4 Å². The number of imide groups is 1. The SMILES string of the molecule is CCc1cccc(NC(=O)CN2C(=O)NC(CC)(c3ccccc3)C2=O)c1. The number of rotatable bonds is 6. The van der Waals surface area contributed by atoms with Gasteiger partial charge in [0.2, 0.25) is 5.91 Å². The Morgan fingerprint density at radius 2 is 1.81 bits per heavy atom. The molecule has 3 rings (SSSR count). The number of aryl methyl sites for hydroxylation is 1. The van der Waals surface area contributed by atoms with Gasteiger partial charge < -0.3 is 10.6 Å². The summed E-state index contributed by atoms with van der Waals surface area (Å²) in [5, 5.41) is 5.54. The van der Waals surface area contributed by atoms with Crippen molar-refractivity contribution in [2.75, 3.05) is 11.9 Å². The average molecular weight is 365 g/mol. The van der Waals surface area contributed by atoms with Gasteiger partial charge in [0, 0.05) is 5.69 Å². The Bertz CT molecular complexity index is 866. The van der Waals surface area contributed by atoms with Gasteiger partial charge in [-0.15, -0.1) is 0 Å². The Morgan fingerprint density at radius 1 is 1.07 bits per heavy atom. The van der Waals surface area contributed by atoms with Crippen molar-refractivity contribution >= 4 is 23.5 Å². The van der Waals surface area contributed by atoms with Crippen molar-refractivity contribution in [3.8, 4) is 0 Å². The lowest BCUT2D eigenvalue weighted by atomic mass is 9.87. The number of amides is 4. The standard InChI is InChI=1S/C21H23N3O3/c1-3-15-9-8-12-17(13-15)22-18(25)14-24-19(26)21(4-2,23-20(24)27)16-10-6-5-7-11-16/h5-13H,3-4,14H2,1-2H3,(H,22,25)(H,23,27). The van der Waals surface area contributed by atoms with Crippen molar-refractivity contribution in [1.82, 2.24) is 10.2 Å². The van der Waals surface area contributed by atoms with Crippen LogP contribution >= 0.6 is 0 Å². The van der Waals surface area contributed by atoms with Crippen LogP contribution in [-0.2, 0) is 21.5 Å². The Labute approximate surface area is 158 Å². The molecule has 1 unspecified atom stereocenters. The third-order valence-electron chi connectivity index (χ3n) is 4.89. The first-order chi connectivity index (χ1) is 13.0. The lowest BCUT2D eigenvalue weighted by Gasteiger charge is -2.25. The third-order valence-corrected chi connectivity index (χ3v) is 4.89. The first-order valence-corrected chi connectivity index (χ1v) is 9.08. The van der Waals surface area contributed by atoms with E-state index in [4.69, 9.17) is 0 Å². The van der Waals surface area contributed by atoms with Crippen molar-refractivity contribution in [2.24, 2.45) is 0 Å². The van der Waals surface area contributed by atoms with E-state index in [0.717, 1.165) is 16.9 Å². The van der Waals surface area contributed by atoms with Gasteiger partial charge in [0.15, 0.2) is 0 Å². The maximum Gasteiger partial charge on any atom is 0.325 e. The quantitative estimate of drug-likeness (QED) is 0.773. The minimum absolute atomic E-state index is 0.324. The molecule has 0 saturated carbocycles. The number of hydrogen-bond donors (Lipinski definition) is 2. The first kappa shape index (κ1) is 18.6. The maximum atomic E-state index is 13.0. The average Bonchev–Trinajstić information content (AvgIpc) is 2.94. The third kappa shape index (κ3) is 3.56. The van der Waals surface area contributed by atoms with Crippen LogP contribution in [0.15, 0.2) is 54.6 Å². The minimum atomic E-state index is -1.12. The minimum Gasteiger partial charge on any atom is -0.325 e. The molecule has 0 aromatic heterocycles. The molecular formula is C21H23N3O3. The first-order valence-electron chi connectivity index (χ1n) is 9.08. The Kier molecular flexibility index (Phi) is 5.26. The summed E-state index contributed by atoms with van der Waals surface area (Å²) in [5.41, 5.74) is 1.33. The van der Waals surface area contributed by atoms with E-state index in [-0.39, 0.29) is 6.54 Å². The van der Waals surface area contributed by atoms with Crippen LogP contribution in [0.2, 0.25) is 0 Å². The van der Waals surface area contributed by atoms with Crippen molar-refractivity contribution in [3.05, 3.63) is 65.7 Å². The highest BCUT2D eigenvalue weighted by Crippen LogP contribution is 2.32. The van der Waals surface area contributed by atoms with Crippen LogP contribution in [0.5, 0.6) is 0 Å². The van der Waals surface area contributed by atoms with E-state index in [2.05, 4.69) is 10.6 Å². The molecule has 0 spiro atoms. The van der Waals surface area contributed by atoms with E-state index in [1.54, 1.807) is 6.07 Å². The molecule has 2 N–H and O–H groups in total. The lowest BCUT2D eigenvalue weighted by Crippen LogP contribution is -2.44. The fourth-order valence-electron chi connectivity index (χ4n) is 3.34. The number of carbonyl (C=O) groups excluding carboxylic acids is 3. The molecule has 1 saturated heterocycles. The van der Waals surface area contributed by atoms with Gasteiger partial charge in [0.05, 0.1) is 0 Å². The highest BCUT2D eigenvalue weighted by Gasteiger charge is 2.51. The second-order valence-electron chi connectivity index (χ2n) is 6.55. The van der Waals surface area contributed by atoms with Crippen LogP contribution in [0.25, 0.3) is 0 Å². The van der Waals surface area contributed by atoms with Gasteiger partial charge in [-0.1, -0.05) is 56.3 Å². The molecule has 2 aromatic rings. The van der Waals surface area contributed by atoms with Crippen molar-refractivity contribution in [1.29, 1.82) is 0 Å². The molecule has 6 nitrogen and oxygen atoms in total. The van der Waals surface area contributed by atoms with Crippen LogP contribution in [0, 0.1) is 0 Å². The molecule has 0 aliphatic carbocycles. The summed E-state index contributed by atoms with van der Waals surface area (Å²) in [6.07, 6.45) is 1.26. The second-order valence-corrected chi connectivity index (χ2v) is 6.55. The van der Waals surface area contributed by atoms with Crippen LogP contribution in [0.4, 0.5) is 10.5 Å². The molecule has 0 radical (unpaired) electrons. The fourth-order valence-corrected chi connectivity index (χ4v) is 3.34. The number of anilines is 1. The summed E-state index contributed by atoms with van der Waals surface area (Å²) in [6, 6.07) is 16.1.